The molecular formula is C27H33FN8O2S. The van der Waals surface area contributed by atoms with E-state index in [1.807, 2.05) is 40.9 Å². The Balaban J connectivity index is 1.34. The Hall–Kier alpha value is -3.77. The third-order valence-electron chi connectivity index (χ3n) is 7.12. The van der Waals surface area contributed by atoms with Crippen molar-refractivity contribution in [1.82, 2.24) is 29.4 Å². The first-order chi connectivity index (χ1) is 18.9. The fourth-order valence-corrected chi connectivity index (χ4v) is 5.61. The van der Waals surface area contributed by atoms with Crippen molar-refractivity contribution in [2.24, 2.45) is 0 Å². The zero-order valence-electron chi connectivity index (χ0n) is 22.4. The lowest BCUT2D eigenvalue weighted by molar-refractivity contribution is 0.137. The van der Waals surface area contributed by atoms with E-state index in [0.717, 1.165) is 78.5 Å². The van der Waals surface area contributed by atoms with E-state index in [9.17, 15) is 14.3 Å². The van der Waals surface area contributed by atoms with Gasteiger partial charge in [-0.05, 0) is 49.7 Å². The molecule has 1 saturated heterocycles. The number of benzene rings is 1. The first-order valence-corrected chi connectivity index (χ1v) is 14.0. The van der Waals surface area contributed by atoms with Crippen LogP contribution in [0.5, 0.6) is 0 Å². The maximum atomic E-state index is 13.4. The molecule has 1 fully saturated rings. The average Bonchev–Trinajstić information content (AvgIpc) is 3.58. The highest BCUT2D eigenvalue weighted by Crippen LogP contribution is 2.33. The molecule has 0 atom stereocenters. The molecule has 0 aliphatic carbocycles. The van der Waals surface area contributed by atoms with Crippen LogP contribution >= 0.6 is 11.3 Å². The number of hydrogen-bond donors (Lipinski definition) is 1. The number of aromatic nitrogens is 4. The second-order valence-corrected chi connectivity index (χ2v) is 10.3. The molecule has 39 heavy (non-hydrogen) atoms. The Labute approximate surface area is 230 Å². The van der Waals surface area contributed by atoms with Gasteiger partial charge in [0, 0.05) is 63.8 Å². The lowest BCUT2D eigenvalue weighted by Gasteiger charge is -2.36. The van der Waals surface area contributed by atoms with Gasteiger partial charge in [-0.25, -0.2) is 19.2 Å². The van der Waals surface area contributed by atoms with Gasteiger partial charge in [-0.3, -0.25) is 4.90 Å². The molecule has 12 heteroatoms. The highest BCUT2D eigenvalue weighted by molar-refractivity contribution is 7.14. The normalized spacial score (nSPS) is 14.2. The van der Waals surface area contributed by atoms with Crippen LogP contribution in [-0.4, -0.2) is 93.4 Å². The van der Waals surface area contributed by atoms with Crippen LogP contribution in [0.2, 0.25) is 0 Å². The maximum absolute atomic E-state index is 13.4. The summed E-state index contributed by atoms with van der Waals surface area (Å²) in [5, 5.41) is 17.0. The first-order valence-electron chi connectivity index (χ1n) is 13.2. The topological polar surface area (TPSA) is 93.3 Å². The van der Waals surface area contributed by atoms with Gasteiger partial charge in [-0.2, -0.15) is 4.52 Å². The monoisotopic (exact) mass is 552 g/mol. The number of anilines is 3. The van der Waals surface area contributed by atoms with Gasteiger partial charge in [0.25, 0.3) is 0 Å². The molecule has 1 aliphatic heterocycles. The number of hydrogen-bond acceptors (Lipinski definition) is 8. The van der Waals surface area contributed by atoms with Crippen LogP contribution in [0.4, 0.5) is 26.0 Å². The number of aryl methyl sites for hydroxylation is 1. The second-order valence-electron chi connectivity index (χ2n) is 9.47. The lowest BCUT2D eigenvalue weighted by atomic mass is 10.2. The predicted molar refractivity (Wildman–Crippen MR) is 152 cm³/mol. The molecule has 0 saturated carbocycles. The molecular weight excluding hydrogens is 519 g/mol. The fraction of sp³-hybridized carbons (Fsp3) is 0.407. The summed E-state index contributed by atoms with van der Waals surface area (Å²) in [5.41, 5.74) is 3.38. The van der Waals surface area contributed by atoms with Gasteiger partial charge in [-0.15, -0.1) is 16.4 Å². The quantitative estimate of drug-likeness (QED) is 0.326. The summed E-state index contributed by atoms with van der Waals surface area (Å²) in [4.78, 5) is 28.9. The van der Waals surface area contributed by atoms with E-state index >= 15 is 0 Å². The van der Waals surface area contributed by atoms with Crippen molar-refractivity contribution in [2.45, 2.75) is 20.3 Å². The number of nitrogens with zero attached hydrogens (tertiary/aromatic N) is 8. The average molecular weight is 553 g/mol. The van der Waals surface area contributed by atoms with Crippen LogP contribution in [-0.2, 0) is 6.42 Å². The summed E-state index contributed by atoms with van der Waals surface area (Å²) in [7, 11) is 1.97. The Bertz CT molecular complexity index is 1430. The van der Waals surface area contributed by atoms with Gasteiger partial charge in [0.05, 0.1) is 11.4 Å². The second kappa shape index (κ2) is 11.5. The number of carboxylic acid groups (broad SMARTS) is 1. The predicted octanol–water partition coefficient (Wildman–Crippen LogP) is 4.44. The minimum atomic E-state index is -0.870. The van der Waals surface area contributed by atoms with E-state index in [2.05, 4.69) is 16.7 Å². The Morgan fingerprint density at radius 2 is 1.82 bits per heavy atom. The van der Waals surface area contributed by atoms with Gasteiger partial charge >= 0.3 is 6.09 Å². The van der Waals surface area contributed by atoms with Gasteiger partial charge in [0.1, 0.15) is 11.6 Å². The van der Waals surface area contributed by atoms with Gasteiger partial charge in [0.2, 0.25) is 0 Å². The minimum Gasteiger partial charge on any atom is -0.465 e. The number of amides is 1. The summed E-state index contributed by atoms with van der Waals surface area (Å²) >= 11 is 1.52. The van der Waals surface area contributed by atoms with E-state index in [1.54, 1.807) is 12.1 Å². The van der Waals surface area contributed by atoms with Crippen molar-refractivity contribution in [3.63, 3.8) is 0 Å². The molecule has 1 aromatic carbocycles. The van der Waals surface area contributed by atoms with Crippen molar-refractivity contribution in [2.75, 3.05) is 62.7 Å². The molecule has 0 spiro atoms. The highest BCUT2D eigenvalue weighted by Gasteiger charge is 2.23. The Kier molecular flexibility index (Phi) is 7.94. The molecule has 3 aromatic heterocycles. The molecule has 0 unspecified atom stereocenters. The molecule has 4 heterocycles. The maximum Gasteiger partial charge on any atom is 0.407 e. The molecule has 0 radical (unpaired) electrons. The molecule has 4 aromatic rings. The Morgan fingerprint density at radius 1 is 1.08 bits per heavy atom. The minimum absolute atomic E-state index is 0.269. The van der Waals surface area contributed by atoms with Gasteiger partial charge in [0.15, 0.2) is 16.6 Å². The van der Waals surface area contributed by atoms with Gasteiger partial charge in [-0.1, -0.05) is 6.92 Å². The largest absolute Gasteiger partial charge is 0.465 e. The summed E-state index contributed by atoms with van der Waals surface area (Å²) in [6.45, 7) is 8.99. The summed E-state index contributed by atoms with van der Waals surface area (Å²) < 4.78 is 15.3. The number of halogens is 1. The number of carbonyl (C=O) groups is 1. The molecule has 1 N–H and O–H groups in total. The molecule has 1 amide bonds. The first kappa shape index (κ1) is 26.8. The summed E-state index contributed by atoms with van der Waals surface area (Å²) in [6.07, 6.45) is -0.121. The molecule has 1 aliphatic rings. The van der Waals surface area contributed by atoms with E-state index in [1.165, 1.54) is 28.4 Å². The third kappa shape index (κ3) is 5.66. The Morgan fingerprint density at radius 3 is 2.49 bits per heavy atom. The van der Waals surface area contributed by atoms with E-state index in [-0.39, 0.29) is 5.82 Å². The van der Waals surface area contributed by atoms with Crippen molar-refractivity contribution >= 4 is 39.8 Å². The van der Waals surface area contributed by atoms with Crippen LogP contribution < -0.4 is 9.80 Å². The molecule has 206 valence electrons. The zero-order chi connectivity index (χ0) is 27.5. The number of imidazole rings is 1. The van der Waals surface area contributed by atoms with Crippen LogP contribution in [0.1, 0.15) is 19.5 Å². The van der Waals surface area contributed by atoms with Crippen molar-refractivity contribution in [1.29, 1.82) is 0 Å². The molecule has 10 nitrogen and oxygen atoms in total. The number of fused-ring (bicyclic) bond motifs is 1. The van der Waals surface area contributed by atoms with Crippen molar-refractivity contribution < 1.29 is 14.3 Å². The standard InChI is InChI=1S/C27H33FN8O2S/c1-4-21-25(32(3)26-30-22(18-39-26)19-6-8-20(28)9-7-19)36-23(29-21)10-11-24(31-36)35-16-13-33(14-17-35)12-15-34(5-2)27(37)38/h6-11,18H,4-5,12-17H2,1-3H3,(H,37,38). The number of likely N-dealkylation sites (N-methyl/N-ethyl adjacent to an activating group) is 1. The van der Waals surface area contributed by atoms with E-state index in [0.29, 0.717) is 13.1 Å². The third-order valence-corrected chi connectivity index (χ3v) is 8.03. The van der Waals surface area contributed by atoms with Crippen LogP contribution in [0.15, 0.2) is 41.8 Å². The van der Waals surface area contributed by atoms with Crippen LogP contribution in [0.3, 0.4) is 0 Å². The highest BCUT2D eigenvalue weighted by atomic mass is 32.1. The fourth-order valence-electron chi connectivity index (χ4n) is 4.81. The lowest BCUT2D eigenvalue weighted by Crippen LogP contribution is -2.49. The van der Waals surface area contributed by atoms with Crippen molar-refractivity contribution in [3.05, 3.63) is 53.3 Å². The van der Waals surface area contributed by atoms with Crippen molar-refractivity contribution in [3.8, 4) is 11.3 Å². The van der Waals surface area contributed by atoms with Crippen LogP contribution in [0, 0.1) is 5.82 Å². The summed E-state index contributed by atoms with van der Waals surface area (Å²) in [5.74, 6) is 1.49. The molecule has 0 bridgehead atoms. The van der Waals surface area contributed by atoms with Crippen LogP contribution in [0.25, 0.3) is 16.9 Å². The molecule has 5 rings (SSSR count). The number of rotatable bonds is 9. The number of thiazole rings is 1. The SMILES string of the molecule is CCc1nc2ccc(N3CCN(CCN(CC)C(=O)O)CC3)nn2c1N(C)c1nc(-c2ccc(F)cc2)cs1. The van der Waals surface area contributed by atoms with E-state index < -0.39 is 6.09 Å². The zero-order valence-corrected chi connectivity index (χ0v) is 23.2. The summed E-state index contributed by atoms with van der Waals surface area (Å²) in [6, 6.07) is 10.4. The van der Waals surface area contributed by atoms with E-state index in [4.69, 9.17) is 15.1 Å². The smallest absolute Gasteiger partial charge is 0.407 e. The van der Waals surface area contributed by atoms with Gasteiger partial charge < -0.3 is 19.8 Å². The number of piperazine rings is 1.